The van der Waals surface area contributed by atoms with Gasteiger partial charge in [-0.1, -0.05) is 141 Å². The molecule has 12 rings (SSSR count). The number of hydrogen-bond acceptors (Lipinski definition) is 2. The van der Waals surface area contributed by atoms with E-state index in [1.807, 2.05) is 11.3 Å². The molecule has 0 bridgehead atoms. The Morgan fingerprint density at radius 3 is 1.71 bits per heavy atom. The van der Waals surface area contributed by atoms with Crippen LogP contribution < -0.4 is 4.90 Å². The van der Waals surface area contributed by atoms with Crippen LogP contribution in [0.1, 0.15) is 25.1 Å². The molecular weight excluding hydrogens is 735 g/mol. The lowest BCUT2D eigenvalue weighted by atomic mass is 9.83. The van der Waals surface area contributed by atoms with E-state index in [0.717, 1.165) is 17.1 Å². The van der Waals surface area contributed by atoms with E-state index in [2.05, 4.69) is 228 Å². The van der Waals surface area contributed by atoms with Crippen molar-refractivity contribution in [2.24, 2.45) is 0 Å². The maximum Gasteiger partial charge on any atom is 0.130 e. The van der Waals surface area contributed by atoms with Gasteiger partial charge in [0.25, 0.3) is 0 Å². The van der Waals surface area contributed by atoms with Crippen LogP contribution in [0.5, 0.6) is 0 Å². The molecule has 0 fully saturated rings. The highest BCUT2D eigenvalue weighted by Crippen LogP contribution is 2.49. The van der Waals surface area contributed by atoms with E-state index in [9.17, 15) is 0 Å². The van der Waals surface area contributed by atoms with Crippen LogP contribution in [-0.2, 0) is 5.41 Å². The Labute approximate surface area is 347 Å². The number of benzene rings is 8. The Hall–Kier alpha value is -7.14. The predicted molar refractivity (Wildman–Crippen MR) is 251 cm³/mol. The largest absolute Gasteiger partial charge is 0.310 e. The monoisotopic (exact) mass is 773 g/mol. The van der Waals surface area contributed by atoms with Gasteiger partial charge in [0.1, 0.15) is 5.65 Å². The molecule has 3 aromatic heterocycles. The Morgan fingerprint density at radius 1 is 0.424 bits per heavy atom. The zero-order valence-electron chi connectivity index (χ0n) is 32.8. The smallest absolute Gasteiger partial charge is 0.130 e. The molecule has 0 saturated carbocycles. The Balaban J connectivity index is 0.998. The van der Waals surface area contributed by atoms with Crippen molar-refractivity contribution in [3.8, 4) is 33.6 Å². The highest BCUT2D eigenvalue weighted by Gasteiger charge is 2.38. The fourth-order valence-electron chi connectivity index (χ4n) is 9.58. The second-order valence-electron chi connectivity index (χ2n) is 16.2. The predicted octanol–water partition coefficient (Wildman–Crippen LogP) is 15.4. The summed E-state index contributed by atoms with van der Waals surface area (Å²) in [4.78, 5) is 2.38. The number of thiophene rings is 1. The average Bonchev–Trinajstić information content (AvgIpc) is 4.01. The first kappa shape index (κ1) is 33.9. The highest BCUT2D eigenvalue weighted by molar-refractivity contribution is 7.25. The van der Waals surface area contributed by atoms with E-state index in [0.29, 0.717) is 0 Å². The molecular formula is C55H39N3S. The van der Waals surface area contributed by atoms with Crippen LogP contribution in [-0.4, -0.2) is 9.13 Å². The molecule has 1 aliphatic rings. The minimum atomic E-state index is -0.0888. The summed E-state index contributed by atoms with van der Waals surface area (Å²) < 4.78 is 7.55. The Morgan fingerprint density at radius 2 is 1.02 bits per heavy atom. The van der Waals surface area contributed by atoms with Crippen LogP contribution in [0.15, 0.2) is 200 Å². The number of aromatic nitrogens is 2. The zero-order chi connectivity index (χ0) is 39.2. The summed E-state index contributed by atoms with van der Waals surface area (Å²) in [5.74, 6) is 0. The summed E-state index contributed by atoms with van der Waals surface area (Å²) in [5.41, 5.74) is 15.7. The van der Waals surface area contributed by atoms with Gasteiger partial charge < -0.3 is 4.90 Å². The quantitative estimate of drug-likeness (QED) is 0.164. The lowest BCUT2D eigenvalue weighted by Gasteiger charge is -2.26. The van der Waals surface area contributed by atoms with Gasteiger partial charge in [-0.2, -0.15) is 0 Å². The van der Waals surface area contributed by atoms with Crippen LogP contribution in [0.25, 0.3) is 75.7 Å². The van der Waals surface area contributed by atoms with Gasteiger partial charge in [-0.25, -0.2) is 0 Å². The molecule has 59 heavy (non-hydrogen) atoms. The molecule has 0 aliphatic carbocycles. The average molecular weight is 774 g/mol. The van der Waals surface area contributed by atoms with Gasteiger partial charge in [0.2, 0.25) is 0 Å². The van der Waals surface area contributed by atoms with Crippen LogP contribution in [0.4, 0.5) is 17.1 Å². The van der Waals surface area contributed by atoms with Crippen LogP contribution in [0.3, 0.4) is 0 Å². The van der Waals surface area contributed by atoms with Crippen molar-refractivity contribution in [1.82, 2.24) is 9.13 Å². The fourth-order valence-corrected chi connectivity index (χ4v) is 10.7. The maximum atomic E-state index is 2.51. The molecule has 3 nitrogen and oxygen atoms in total. The lowest BCUT2D eigenvalue weighted by Crippen LogP contribution is -2.15. The summed E-state index contributed by atoms with van der Waals surface area (Å²) in [6, 6.07) is 73.4. The molecule has 0 radical (unpaired) electrons. The summed E-state index contributed by atoms with van der Waals surface area (Å²) in [6.45, 7) is 4.71. The van der Waals surface area contributed by atoms with Gasteiger partial charge in [0, 0.05) is 64.8 Å². The SMILES string of the molecule is CC1(C)c2ccccc2-n2c1cc1c3ccccc3n(-c3ccc4sc5cc(N(c6ccc(-c7ccccc7)cc6)c6ccc(-c7ccccc7)cc6)ccc5c4c3)c12. The molecule has 11 aromatic rings. The molecule has 0 unspecified atom stereocenters. The zero-order valence-corrected chi connectivity index (χ0v) is 33.6. The number of hydrogen-bond donors (Lipinski definition) is 0. The molecule has 0 N–H and O–H groups in total. The molecule has 0 atom stereocenters. The van der Waals surface area contributed by atoms with Crippen molar-refractivity contribution in [3.63, 3.8) is 0 Å². The standard InChI is InChI=1S/C55H39N3S/c1-55(2)48-18-10-12-20-50(48)58-53(55)35-47-44-17-9-11-19-49(44)57(54(47)58)42-30-32-51-46(33-42)45-31-29-43(34-52(45)59-51)56(40-25-21-38(22-26-40)36-13-5-3-6-14-36)41-27-23-39(24-28-41)37-15-7-4-8-16-37/h3-35H,1-2H3. The van der Waals surface area contributed by atoms with Gasteiger partial charge in [-0.05, 0) is 101 Å². The van der Waals surface area contributed by atoms with Gasteiger partial charge in [0.05, 0.1) is 11.2 Å². The van der Waals surface area contributed by atoms with Crippen molar-refractivity contribution in [3.05, 3.63) is 211 Å². The summed E-state index contributed by atoms with van der Waals surface area (Å²) in [5, 5.41) is 5.13. The number of para-hydroxylation sites is 2. The third-order valence-corrected chi connectivity index (χ3v) is 13.6. The topological polar surface area (TPSA) is 13.1 Å². The minimum absolute atomic E-state index is 0.0888. The van der Waals surface area contributed by atoms with E-state index in [1.54, 1.807) is 0 Å². The molecule has 0 spiro atoms. The first-order valence-electron chi connectivity index (χ1n) is 20.3. The second-order valence-corrected chi connectivity index (χ2v) is 17.3. The van der Waals surface area contributed by atoms with Gasteiger partial charge in [-0.15, -0.1) is 11.3 Å². The third-order valence-electron chi connectivity index (χ3n) is 12.5. The molecule has 4 heteroatoms. The first-order chi connectivity index (χ1) is 29.0. The van der Waals surface area contributed by atoms with E-state index in [1.165, 1.54) is 87.0 Å². The number of rotatable bonds is 6. The van der Waals surface area contributed by atoms with Crippen molar-refractivity contribution in [2.45, 2.75) is 19.3 Å². The van der Waals surface area contributed by atoms with Crippen LogP contribution in [0.2, 0.25) is 0 Å². The van der Waals surface area contributed by atoms with E-state index in [4.69, 9.17) is 0 Å². The summed E-state index contributed by atoms with van der Waals surface area (Å²) in [6.07, 6.45) is 0. The van der Waals surface area contributed by atoms with Crippen molar-refractivity contribution in [2.75, 3.05) is 4.90 Å². The fraction of sp³-hybridized carbons (Fsp3) is 0.0545. The van der Waals surface area contributed by atoms with Crippen molar-refractivity contribution < 1.29 is 0 Å². The first-order valence-corrected chi connectivity index (χ1v) is 21.2. The van der Waals surface area contributed by atoms with E-state index >= 15 is 0 Å². The summed E-state index contributed by atoms with van der Waals surface area (Å²) >= 11 is 1.87. The number of fused-ring (bicyclic) bond motifs is 10. The van der Waals surface area contributed by atoms with Crippen LogP contribution >= 0.6 is 11.3 Å². The molecule has 8 aromatic carbocycles. The lowest BCUT2D eigenvalue weighted by molar-refractivity contribution is 0.644. The molecule has 4 heterocycles. The van der Waals surface area contributed by atoms with Gasteiger partial charge in [0.15, 0.2) is 0 Å². The molecule has 1 aliphatic heterocycles. The van der Waals surface area contributed by atoms with Gasteiger partial charge in [-0.3, -0.25) is 9.13 Å². The minimum Gasteiger partial charge on any atom is -0.310 e. The second kappa shape index (κ2) is 12.9. The van der Waals surface area contributed by atoms with Crippen molar-refractivity contribution >= 4 is 70.5 Å². The number of nitrogens with zero attached hydrogens (tertiary/aromatic N) is 3. The number of anilines is 3. The third kappa shape index (κ3) is 5.20. The molecule has 0 saturated heterocycles. The highest BCUT2D eigenvalue weighted by atomic mass is 32.1. The van der Waals surface area contributed by atoms with Crippen molar-refractivity contribution in [1.29, 1.82) is 0 Å². The summed E-state index contributed by atoms with van der Waals surface area (Å²) in [7, 11) is 0. The van der Waals surface area contributed by atoms with E-state index < -0.39 is 0 Å². The van der Waals surface area contributed by atoms with Gasteiger partial charge >= 0.3 is 0 Å². The normalized spacial score (nSPS) is 13.1. The maximum absolute atomic E-state index is 2.51. The van der Waals surface area contributed by atoms with Crippen LogP contribution in [0, 0.1) is 0 Å². The Kier molecular flexibility index (Phi) is 7.44. The Bertz CT molecular complexity index is 3300. The van der Waals surface area contributed by atoms with E-state index in [-0.39, 0.29) is 5.41 Å². The molecule has 0 amide bonds. The molecule has 280 valence electrons.